The lowest BCUT2D eigenvalue weighted by Gasteiger charge is -2.24. The largest absolute Gasteiger partial charge is 0.169 e. The van der Waals surface area contributed by atoms with E-state index in [4.69, 9.17) is 21.8 Å². The molecule has 0 aromatic carbocycles. The molecular formula is C6H16Cl2SSi. The van der Waals surface area contributed by atoms with Gasteiger partial charge in [0.25, 0.3) is 0 Å². The Morgan fingerprint density at radius 3 is 1.80 bits per heavy atom. The molecule has 0 N–H and O–H groups in total. The molecule has 0 saturated carbocycles. The van der Waals surface area contributed by atoms with Crippen LogP contribution in [0.2, 0.25) is 19.1 Å². The van der Waals surface area contributed by atoms with Crippen LogP contribution >= 0.6 is 31.0 Å². The van der Waals surface area contributed by atoms with Crippen LogP contribution < -0.4 is 0 Å². The molecule has 0 saturated heterocycles. The molecule has 0 rings (SSSR count). The average Bonchev–Trinajstić information content (AvgIpc) is 1.57. The van der Waals surface area contributed by atoms with E-state index < -0.39 is 16.6 Å². The van der Waals surface area contributed by atoms with E-state index in [9.17, 15) is 0 Å². The molecule has 0 amide bonds. The Bertz CT molecular complexity index is 89.3. The summed E-state index contributed by atoms with van der Waals surface area (Å²) in [7, 11) is 3.89. The zero-order valence-electron chi connectivity index (χ0n) is 7.08. The van der Waals surface area contributed by atoms with Gasteiger partial charge in [-0.3, -0.25) is 0 Å². The molecule has 0 aliphatic rings. The lowest BCUT2D eigenvalue weighted by atomic mass is 11.0. The van der Waals surface area contributed by atoms with Gasteiger partial charge in [-0.15, -0.1) is 0 Å². The molecule has 0 aliphatic heterocycles. The zero-order valence-corrected chi connectivity index (χ0v) is 10.4. The fourth-order valence-corrected chi connectivity index (χ4v) is 5.76. The maximum atomic E-state index is 6.13. The lowest BCUT2D eigenvalue weighted by molar-refractivity contribution is 1.41. The van der Waals surface area contributed by atoms with Crippen molar-refractivity contribution in [3.63, 3.8) is 0 Å². The minimum atomic E-state index is -1.36. The van der Waals surface area contributed by atoms with Gasteiger partial charge >= 0.3 is 0 Å². The van der Waals surface area contributed by atoms with Gasteiger partial charge in [0.05, 0.1) is 0 Å². The van der Waals surface area contributed by atoms with Crippen molar-refractivity contribution in [2.45, 2.75) is 19.1 Å². The normalized spacial score (nSPS) is 15.4. The molecule has 0 fully saturated rings. The second-order valence-electron chi connectivity index (χ2n) is 3.58. The maximum Gasteiger partial charge on any atom is 0.151 e. The van der Waals surface area contributed by atoms with E-state index in [0.717, 1.165) is 11.8 Å². The van der Waals surface area contributed by atoms with Crippen LogP contribution in [0, 0.1) is 0 Å². The van der Waals surface area contributed by atoms with E-state index in [1.165, 1.54) is 0 Å². The quantitative estimate of drug-likeness (QED) is 0.502. The summed E-state index contributed by atoms with van der Waals surface area (Å²) >= 11 is 6.13. The summed E-state index contributed by atoms with van der Waals surface area (Å²) in [6.07, 6.45) is 4.23. The van der Waals surface area contributed by atoms with Crippen molar-refractivity contribution in [3.8, 4) is 0 Å². The predicted molar refractivity (Wildman–Crippen MR) is 58.3 cm³/mol. The lowest BCUT2D eigenvalue weighted by Crippen LogP contribution is -2.18. The molecule has 10 heavy (non-hydrogen) atoms. The van der Waals surface area contributed by atoms with Crippen LogP contribution in [-0.4, -0.2) is 25.6 Å². The highest BCUT2D eigenvalue weighted by Gasteiger charge is 2.19. The fourth-order valence-electron chi connectivity index (χ4n) is 0.485. The van der Waals surface area contributed by atoms with Crippen LogP contribution in [0.3, 0.4) is 0 Å². The average molecular weight is 219 g/mol. The monoisotopic (exact) mass is 218 g/mol. The first-order chi connectivity index (χ1) is 4.21. The third kappa shape index (κ3) is 9.15. The molecule has 0 aliphatic carbocycles. The molecule has 0 spiro atoms. The number of halogens is 2. The van der Waals surface area contributed by atoms with E-state index in [0.29, 0.717) is 0 Å². The highest BCUT2D eigenvalue weighted by molar-refractivity contribution is 8.50. The summed E-state index contributed by atoms with van der Waals surface area (Å²) in [5, 5.41) is 0. The van der Waals surface area contributed by atoms with Crippen molar-refractivity contribution in [2.24, 2.45) is 0 Å². The van der Waals surface area contributed by atoms with E-state index in [2.05, 4.69) is 25.6 Å². The van der Waals surface area contributed by atoms with Crippen molar-refractivity contribution < 1.29 is 0 Å². The van der Waals surface area contributed by atoms with Crippen molar-refractivity contribution in [3.05, 3.63) is 0 Å². The van der Waals surface area contributed by atoms with E-state index in [-0.39, 0.29) is 0 Å². The molecule has 0 radical (unpaired) electrons. The molecule has 0 unspecified atom stereocenters. The molecular weight excluding hydrogens is 203 g/mol. The van der Waals surface area contributed by atoms with Crippen molar-refractivity contribution in [1.82, 2.24) is 0 Å². The van der Waals surface area contributed by atoms with Crippen LogP contribution in [0.15, 0.2) is 0 Å². The van der Waals surface area contributed by atoms with Crippen LogP contribution in [0.5, 0.6) is 0 Å². The van der Waals surface area contributed by atoms with Gasteiger partial charge < -0.3 is 0 Å². The highest BCUT2D eigenvalue weighted by atomic mass is 35.7. The van der Waals surface area contributed by atoms with Crippen LogP contribution in [0.1, 0.15) is 0 Å². The van der Waals surface area contributed by atoms with E-state index in [1.54, 1.807) is 0 Å². The third-order valence-corrected chi connectivity index (χ3v) is 5.19. The van der Waals surface area contributed by atoms with Gasteiger partial charge in [-0.2, -0.15) is 20.3 Å². The van der Waals surface area contributed by atoms with E-state index >= 15 is 0 Å². The summed E-state index contributed by atoms with van der Waals surface area (Å²) in [5.74, 6) is 1.11. The van der Waals surface area contributed by atoms with E-state index in [1.807, 2.05) is 0 Å². The molecule has 0 heterocycles. The van der Waals surface area contributed by atoms with Gasteiger partial charge in [0, 0.05) is 0 Å². The topological polar surface area (TPSA) is 0 Å². The fraction of sp³-hybridized carbons (Fsp3) is 1.00. The highest BCUT2D eigenvalue weighted by Crippen LogP contribution is 2.46. The van der Waals surface area contributed by atoms with Gasteiger partial charge in [-0.05, 0) is 24.3 Å². The first kappa shape index (κ1) is 11.1. The first-order valence-electron chi connectivity index (χ1n) is 3.30. The van der Waals surface area contributed by atoms with Gasteiger partial charge in [0.1, 0.15) is 0 Å². The third-order valence-electron chi connectivity index (χ3n) is 1.18. The van der Waals surface area contributed by atoms with Crippen LogP contribution in [0.25, 0.3) is 0 Å². The van der Waals surface area contributed by atoms with Crippen LogP contribution in [-0.2, 0) is 0 Å². The first-order valence-corrected chi connectivity index (χ1v) is 11.0. The number of rotatable bonds is 3. The van der Waals surface area contributed by atoms with Crippen molar-refractivity contribution in [2.75, 3.05) is 18.3 Å². The maximum absolute atomic E-state index is 6.13. The Kier molecular flexibility index (Phi) is 4.12. The Morgan fingerprint density at radius 1 is 1.30 bits per heavy atom. The Labute approximate surface area is 75.8 Å². The number of hydrogen-bond acceptors (Lipinski definition) is 0. The molecule has 64 valence electrons. The molecule has 0 aromatic rings. The minimum absolute atomic E-state index is 0.835. The summed E-state index contributed by atoms with van der Waals surface area (Å²) < 4.78 is 0. The van der Waals surface area contributed by atoms with Crippen molar-refractivity contribution >= 4 is 38.4 Å². The summed E-state index contributed by atoms with van der Waals surface area (Å²) in [4.78, 5) is 0. The second-order valence-corrected chi connectivity index (χ2v) is 16.3. The van der Waals surface area contributed by atoms with Crippen molar-refractivity contribution in [1.29, 1.82) is 0 Å². The standard InChI is InChI=1S/C6H16Cl2SSi/c1-9(2,7)5-6-10(3,4)8/h5-6H2,1-4H3. The van der Waals surface area contributed by atoms with Gasteiger partial charge in [0.2, 0.25) is 0 Å². The smallest absolute Gasteiger partial charge is 0.151 e. The Hall–Kier alpha value is 1.15. The Balaban J connectivity index is 3.56. The molecule has 0 nitrogen and oxygen atoms in total. The SMILES string of the molecule is C[Si](C)(Cl)CCS(C)(C)Cl. The Morgan fingerprint density at radius 2 is 1.70 bits per heavy atom. The summed E-state index contributed by atoms with van der Waals surface area (Å²) in [6, 6.07) is 1.14. The molecule has 0 bridgehead atoms. The molecule has 0 atom stereocenters. The van der Waals surface area contributed by atoms with Crippen LogP contribution in [0.4, 0.5) is 0 Å². The summed E-state index contributed by atoms with van der Waals surface area (Å²) in [5.41, 5.74) is 0. The zero-order chi connectivity index (χ0) is 8.41. The summed E-state index contributed by atoms with van der Waals surface area (Å²) in [6.45, 7) is 4.33. The number of hydrogen-bond donors (Lipinski definition) is 0. The minimum Gasteiger partial charge on any atom is -0.169 e. The second kappa shape index (κ2) is 3.70. The van der Waals surface area contributed by atoms with Gasteiger partial charge in [-0.1, -0.05) is 23.8 Å². The molecule has 4 heteroatoms. The predicted octanol–water partition coefficient (Wildman–Crippen LogP) is 3.65. The van der Waals surface area contributed by atoms with Gasteiger partial charge in [-0.25, -0.2) is 0 Å². The molecule has 0 aromatic heterocycles. The van der Waals surface area contributed by atoms with Gasteiger partial charge in [0.15, 0.2) is 7.38 Å².